The summed E-state index contributed by atoms with van der Waals surface area (Å²) in [7, 11) is 0. The highest BCUT2D eigenvalue weighted by atomic mass is 16.5. The summed E-state index contributed by atoms with van der Waals surface area (Å²) in [4.78, 5) is 0. The van der Waals surface area contributed by atoms with E-state index in [1.165, 1.54) is 27.8 Å². The number of hydrogen-bond acceptors (Lipinski definition) is 3. The largest absolute Gasteiger partial charge is 0.466 e. The van der Waals surface area contributed by atoms with E-state index in [1.54, 1.807) is 0 Å². The summed E-state index contributed by atoms with van der Waals surface area (Å²) in [5.74, 6) is 1.63. The molecule has 0 saturated heterocycles. The lowest BCUT2D eigenvalue weighted by atomic mass is 9.78. The number of para-hydroxylation sites is 1. The molecule has 2 aliphatic heterocycles. The molecule has 0 bridgehead atoms. The SMILES string of the molecule is c1ccc(-c2ccc(C3=NN4[C@@H](C3)c3ccccc3OC43CCC(c4ccccc4)CC3)cc2)cc1. The molecule has 4 aromatic rings. The Hall–Kier alpha value is -3.85. The first-order valence-corrected chi connectivity index (χ1v) is 13.1. The van der Waals surface area contributed by atoms with Gasteiger partial charge in [0.15, 0.2) is 5.72 Å². The van der Waals surface area contributed by atoms with Gasteiger partial charge < -0.3 is 4.74 Å². The molecule has 0 amide bonds. The minimum Gasteiger partial charge on any atom is -0.466 e. The molecule has 3 aliphatic rings. The van der Waals surface area contributed by atoms with Crippen molar-refractivity contribution in [3.63, 3.8) is 0 Å². The van der Waals surface area contributed by atoms with Crippen molar-refractivity contribution < 1.29 is 4.74 Å². The third kappa shape index (κ3) is 3.62. The highest BCUT2D eigenvalue weighted by Gasteiger charge is 2.51. The Morgan fingerprint density at radius 2 is 1.28 bits per heavy atom. The fourth-order valence-corrected chi connectivity index (χ4v) is 6.35. The normalized spacial score (nSPS) is 24.6. The fourth-order valence-electron chi connectivity index (χ4n) is 6.35. The quantitative estimate of drug-likeness (QED) is 0.303. The van der Waals surface area contributed by atoms with Crippen LogP contribution in [-0.4, -0.2) is 16.4 Å². The third-order valence-electron chi connectivity index (χ3n) is 8.27. The lowest BCUT2D eigenvalue weighted by molar-refractivity contribution is -0.142. The van der Waals surface area contributed by atoms with Gasteiger partial charge in [-0.3, -0.25) is 0 Å². The van der Waals surface area contributed by atoms with E-state index >= 15 is 0 Å². The molecule has 1 saturated carbocycles. The van der Waals surface area contributed by atoms with Crippen LogP contribution in [0.2, 0.25) is 0 Å². The van der Waals surface area contributed by atoms with Crippen LogP contribution < -0.4 is 4.74 Å². The molecule has 0 aromatic heterocycles. The number of rotatable bonds is 3. The third-order valence-corrected chi connectivity index (χ3v) is 8.27. The number of ether oxygens (including phenoxy) is 1. The van der Waals surface area contributed by atoms with Crippen LogP contribution in [0, 0.1) is 0 Å². The van der Waals surface area contributed by atoms with Crippen LogP contribution in [0.3, 0.4) is 0 Å². The maximum Gasteiger partial charge on any atom is 0.198 e. The first kappa shape index (κ1) is 21.4. The predicted molar refractivity (Wildman–Crippen MR) is 145 cm³/mol. The topological polar surface area (TPSA) is 24.8 Å². The van der Waals surface area contributed by atoms with Crippen molar-refractivity contribution in [2.75, 3.05) is 0 Å². The van der Waals surface area contributed by atoms with Crippen LogP contribution in [-0.2, 0) is 0 Å². The van der Waals surface area contributed by atoms with E-state index in [1.807, 2.05) is 0 Å². The van der Waals surface area contributed by atoms with Gasteiger partial charge in [-0.1, -0.05) is 103 Å². The van der Waals surface area contributed by atoms with Crippen molar-refractivity contribution >= 4 is 5.71 Å². The summed E-state index contributed by atoms with van der Waals surface area (Å²) in [6, 6.07) is 39.2. The molecule has 3 heteroatoms. The molecule has 1 spiro atoms. The van der Waals surface area contributed by atoms with Crippen LogP contribution in [0.15, 0.2) is 114 Å². The Balaban J connectivity index is 1.20. The number of benzene rings is 4. The monoisotopic (exact) mass is 470 g/mol. The van der Waals surface area contributed by atoms with Crippen LogP contribution in [0.1, 0.15) is 60.8 Å². The summed E-state index contributed by atoms with van der Waals surface area (Å²) in [6.07, 6.45) is 5.12. The van der Waals surface area contributed by atoms with Crippen molar-refractivity contribution in [2.45, 2.75) is 49.8 Å². The summed E-state index contributed by atoms with van der Waals surface area (Å²) in [5, 5.41) is 7.61. The van der Waals surface area contributed by atoms with Gasteiger partial charge in [-0.25, -0.2) is 5.01 Å². The highest BCUT2D eigenvalue weighted by Crippen LogP contribution is 2.52. The Morgan fingerprint density at radius 3 is 2.03 bits per heavy atom. The highest BCUT2D eigenvalue weighted by molar-refractivity contribution is 6.02. The van der Waals surface area contributed by atoms with Gasteiger partial charge in [0, 0.05) is 24.8 Å². The van der Waals surface area contributed by atoms with Gasteiger partial charge in [-0.15, -0.1) is 0 Å². The summed E-state index contributed by atoms with van der Waals surface area (Å²) < 4.78 is 6.84. The maximum absolute atomic E-state index is 6.84. The number of fused-ring (bicyclic) bond motifs is 4. The van der Waals surface area contributed by atoms with E-state index in [2.05, 4.69) is 114 Å². The Kier molecular flexibility index (Phi) is 5.16. The number of nitrogens with zero attached hydrogens (tertiary/aromatic N) is 2. The minimum absolute atomic E-state index is 0.229. The number of hydrazone groups is 1. The molecular weight excluding hydrogens is 440 g/mol. The first-order chi connectivity index (χ1) is 17.8. The second-order valence-corrected chi connectivity index (χ2v) is 10.3. The van der Waals surface area contributed by atoms with E-state index in [0.29, 0.717) is 5.92 Å². The smallest absolute Gasteiger partial charge is 0.198 e. The zero-order valence-electron chi connectivity index (χ0n) is 20.4. The van der Waals surface area contributed by atoms with Gasteiger partial charge in [-0.05, 0) is 47.1 Å². The molecule has 1 aliphatic carbocycles. The molecule has 7 rings (SSSR count). The summed E-state index contributed by atoms with van der Waals surface area (Å²) in [5.41, 5.74) is 7.18. The molecule has 2 heterocycles. The van der Waals surface area contributed by atoms with Gasteiger partial charge >= 0.3 is 0 Å². The van der Waals surface area contributed by atoms with Crippen molar-refractivity contribution in [3.8, 4) is 16.9 Å². The molecule has 3 nitrogen and oxygen atoms in total. The second-order valence-electron chi connectivity index (χ2n) is 10.3. The maximum atomic E-state index is 6.84. The van der Waals surface area contributed by atoms with Crippen LogP contribution >= 0.6 is 0 Å². The summed E-state index contributed by atoms with van der Waals surface area (Å²) >= 11 is 0. The zero-order chi connectivity index (χ0) is 24.0. The Labute approximate surface area is 213 Å². The van der Waals surface area contributed by atoms with Crippen molar-refractivity contribution in [2.24, 2.45) is 5.10 Å². The Bertz CT molecular complexity index is 1390. The van der Waals surface area contributed by atoms with Crippen LogP contribution in [0.25, 0.3) is 11.1 Å². The molecule has 1 atom stereocenters. The van der Waals surface area contributed by atoms with E-state index in [4.69, 9.17) is 9.84 Å². The summed E-state index contributed by atoms with van der Waals surface area (Å²) in [6.45, 7) is 0. The molecule has 1 fully saturated rings. The standard InChI is InChI=1S/C33H30N2O/c1-3-9-24(10-4-1)26-15-17-28(18-16-26)30-23-31-29-13-7-8-14-32(29)36-33(35(31)34-30)21-19-27(20-22-33)25-11-5-2-6-12-25/h1-18,27,31H,19-23H2/t27?,31-,33?/m0/s1. The van der Waals surface area contributed by atoms with E-state index < -0.39 is 0 Å². The zero-order valence-corrected chi connectivity index (χ0v) is 20.4. The van der Waals surface area contributed by atoms with Gasteiger partial charge in [0.2, 0.25) is 0 Å². The number of hydrogen-bond donors (Lipinski definition) is 0. The molecular formula is C33H30N2O. The predicted octanol–water partition coefficient (Wildman–Crippen LogP) is 7.95. The molecule has 36 heavy (non-hydrogen) atoms. The average molecular weight is 471 g/mol. The van der Waals surface area contributed by atoms with Gasteiger partial charge in [0.25, 0.3) is 0 Å². The van der Waals surface area contributed by atoms with Crippen molar-refractivity contribution in [1.82, 2.24) is 5.01 Å². The van der Waals surface area contributed by atoms with E-state index in [0.717, 1.165) is 43.6 Å². The molecule has 0 unspecified atom stereocenters. The second kappa shape index (κ2) is 8.67. The van der Waals surface area contributed by atoms with E-state index in [9.17, 15) is 0 Å². The molecule has 0 radical (unpaired) electrons. The minimum atomic E-state index is -0.365. The molecule has 178 valence electrons. The molecule has 4 aromatic carbocycles. The van der Waals surface area contributed by atoms with Gasteiger partial charge in [-0.2, -0.15) is 5.10 Å². The van der Waals surface area contributed by atoms with Crippen molar-refractivity contribution in [3.05, 3.63) is 126 Å². The van der Waals surface area contributed by atoms with Crippen LogP contribution in [0.4, 0.5) is 0 Å². The van der Waals surface area contributed by atoms with Gasteiger partial charge in [0.1, 0.15) is 5.75 Å². The van der Waals surface area contributed by atoms with Gasteiger partial charge in [0.05, 0.1) is 11.8 Å². The lowest BCUT2D eigenvalue weighted by Gasteiger charge is -2.50. The van der Waals surface area contributed by atoms with Crippen molar-refractivity contribution in [1.29, 1.82) is 0 Å². The first-order valence-electron chi connectivity index (χ1n) is 13.1. The van der Waals surface area contributed by atoms with E-state index in [-0.39, 0.29) is 11.8 Å². The molecule has 0 N–H and O–H groups in total. The van der Waals surface area contributed by atoms with Crippen LogP contribution in [0.5, 0.6) is 5.75 Å². The Morgan fingerprint density at radius 1 is 0.667 bits per heavy atom. The lowest BCUT2D eigenvalue weighted by Crippen LogP contribution is -2.55. The average Bonchev–Trinajstić information content (AvgIpc) is 3.42. The fraction of sp³-hybridized carbons (Fsp3) is 0.242.